The molecule has 9 heteroatoms. The minimum atomic E-state index is -0.209. The molecule has 1 atom stereocenters. The van der Waals surface area contributed by atoms with E-state index < -0.39 is 0 Å². The maximum Gasteiger partial charge on any atom is 0.257 e. The molecule has 4 aromatic rings. The molecule has 0 saturated carbocycles. The number of hydrogen-bond acceptors (Lipinski definition) is 7. The van der Waals surface area contributed by atoms with Gasteiger partial charge in [-0.15, -0.1) is 0 Å². The molecular weight excluding hydrogens is 416 g/mol. The van der Waals surface area contributed by atoms with Crippen LogP contribution in [0, 0.1) is 0 Å². The summed E-state index contributed by atoms with van der Waals surface area (Å²) in [5.41, 5.74) is 3.58. The Morgan fingerprint density at radius 1 is 1.03 bits per heavy atom. The molecular formula is C24H28N8O. The van der Waals surface area contributed by atoms with Crippen LogP contribution in [0.3, 0.4) is 0 Å². The lowest BCUT2D eigenvalue weighted by atomic mass is 10.1. The molecule has 0 radical (unpaired) electrons. The number of carbonyl (C=O) groups is 1. The molecule has 170 valence electrons. The first-order chi connectivity index (χ1) is 15.9. The van der Waals surface area contributed by atoms with Crippen molar-refractivity contribution in [3.8, 4) is 0 Å². The van der Waals surface area contributed by atoms with Gasteiger partial charge in [-0.2, -0.15) is 5.10 Å². The van der Waals surface area contributed by atoms with Crippen LogP contribution in [-0.2, 0) is 6.54 Å². The SMILES string of the molecule is CCn1cc2ncc(N[C@@H](C)c3cccc(NC(=O)c4ccc(NC(C)C)nc4)c3)nc2n1. The van der Waals surface area contributed by atoms with Gasteiger partial charge in [0.05, 0.1) is 24.0 Å². The fourth-order valence-corrected chi connectivity index (χ4v) is 3.38. The molecule has 0 bridgehead atoms. The Morgan fingerprint density at radius 2 is 1.88 bits per heavy atom. The number of nitrogens with zero attached hydrogens (tertiary/aromatic N) is 5. The number of anilines is 3. The van der Waals surface area contributed by atoms with E-state index in [1.807, 2.05) is 62.8 Å². The van der Waals surface area contributed by atoms with Crippen molar-refractivity contribution in [3.05, 3.63) is 66.1 Å². The van der Waals surface area contributed by atoms with E-state index in [1.165, 1.54) is 0 Å². The normalized spacial score (nSPS) is 12.0. The lowest BCUT2D eigenvalue weighted by Crippen LogP contribution is -2.15. The second-order valence-electron chi connectivity index (χ2n) is 8.13. The topological polar surface area (TPSA) is 110 Å². The van der Waals surface area contributed by atoms with Crippen molar-refractivity contribution >= 4 is 34.4 Å². The van der Waals surface area contributed by atoms with Crippen molar-refractivity contribution in [2.45, 2.75) is 46.3 Å². The van der Waals surface area contributed by atoms with Crippen LogP contribution in [0.4, 0.5) is 17.3 Å². The van der Waals surface area contributed by atoms with Crippen molar-refractivity contribution in [2.24, 2.45) is 0 Å². The third kappa shape index (κ3) is 5.43. The van der Waals surface area contributed by atoms with Crippen molar-refractivity contribution in [2.75, 3.05) is 16.0 Å². The minimum absolute atomic E-state index is 0.0510. The lowest BCUT2D eigenvalue weighted by molar-refractivity contribution is 0.102. The Labute approximate surface area is 192 Å². The van der Waals surface area contributed by atoms with Crippen LogP contribution in [0.15, 0.2) is 55.0 Å². The average molecular weight is 445 g/mol. The molecule has 0 aliphatic rings. The van der Waals surface area contributed by atoms with Gasteiger partial charge in [0.15, 0.2) is 0 Å². The second-order valence-corrected chi connectivity index (χ2v) is 8.13. The van der Waals surface area contributed by atoms with Gasteiger partial charge in [0.1, 0.15) is 17.2 Å². The van der Waals surface area contributed by atoms with Crippen LogP contribution in [0.1, 0.15) is 49.7 Å². The summed E-state index contributed by atoms with van der Waals surface area (Å²) < 4.78 is 1.81. The summed E-state index contributed by atoms with van der Waals surface area (Å²) in [7, 11) is 0. The van der Waals surface area contributed by atoms with Crippen molar-refractivity contribution in [3.63, 3.8) is 0 Å². The number of benzene rings is 1. The zero-order valence-electron chi connectivity index (χ0n) is 19.2. The Morgan fingerprint density at radius 3 is 2.61 bits per heavy atom. The van der Waals surface area contributed by atoms with Gasteiger partial charge in [-0.25, -0.2) is 15.0 Å². The Hall–Kier alpha value is -4.01. The molecule has 1 amide bonds. The largest absolute Gasteiger partial charge is 0.368 e. The number of hydrogen-bond donors (Lipinski definition) is 3. The molecule has 3 heterocycles. The number of carbonyl (C=O) groups excluding carboxylic acids is 1. The van der Waals surface area contributed by atoms with Crippen LogP contribution in [-0.4, -0.2) is 36.7 Å². The molecule has 0 aliphatic carbocycles. The minimum Gasteiger partial charge on any atom is -0.368 e. The van der Waals surface area contributed by atoms with Crippen molar-refractivity contribution < 1.29 is 4.79 Å². The van der Waals surface area contributed by atoms with Gasteiger partial charge < -0.3 is 16.0 Å². The number of fused-ring (bicyclic) bond motifs is 1. The highest BCUT2D eigenvalue weighted by atomic mass is 16.1. The van der Waals surface area contributed by atoms with Gasteiger partial charge in [0.2, 0.25) is 5.65 Å². The molecule has 0 fully saturated rings. The summed E-state index contributed by atoms with van der Waals surface area (Å²) in [6, 6.07) is 11.5. The summed E-state index contributed by atoms with van der Waals surface area (Å²) in [6.07, 6.45) is 5.16. The summed E-state index contributed by atoms with van der Waals surface area (Å²) in [5.74, 6) is 1.18. The predicted octanol–water partition coefficient (Wildman–Crippen LogP) is 4.49. The van der Waals surface area contributed by atoms with Crippen LogP contribution in [0.5, 0.6) is 0 Å². The number of aromatic nitrogens is 5. The van der Waals surface area contributed by atoms with Gasteiger partial charge in [-0.1, -0.05) is 12.1 Å². The zero-order chi connectivity index (χ0) is 23.4. The summed E-state index contributed by atoms with van der Waals surface area (Å²) in [5, 5.41) is 13.9. The molecule has 0 spiro atoms. The maximum atomic E-state index is 12.7. The number of nitrogens with one attached hydrogen (secondary N) is 3. The van der Waals surface area contributed by atoms with Crippen LogP contribution in [0.25, 0.3) is 11.2 Å². The predicted molar refractivity (Wildman–Crippen MR) is 130 cm³/mol. The number of amides is 1. The average Bonchev–Trinajstić information content (AvgIpc) is 3.22. The van der Waals surface area contributed by atoms with E-state index in [0.717, 1.165) is 23.4 Å². The summed E-state index contributed by atoms with van der Waals surface area (Å²) in [6.45, 7) is 8.90. The first-order valence-electron chi connectivity index (χ1n) is 11.0. The Kier molecular flexibility index (Phi) is 6.48. The van der Waals surface area contributed by atoms with E-state index in [1.54, 1.807) is 24.5 Å². The quantitative estimate of drug-likeness (QED) is 0.367. The zero-order valence-corrected chi connectivity index (χ0v) is 19.2. The van der Waals surface area contributed by atoms with Gasteiger partial charge in [-0.05, 0) is 57.5 Å². The van der Waals surface area contributed by atoms with E-state index >= 15 is 0 Å². The molecule has 33 heavy (non-hydrogen) atoms. The molecule has 3 N–H and O–H groups in total. The Balaban J connectivity index is 1.43. The standard InChI is InChI=1S/C24H28N8O/c1-5-32-14-20-23(31-32)30-22(13-25-20)28-16(4)17-7-6-8-19(11-17)29-24(33)18-9-10-21(26-12-18)27-15(2)3/h6-16H,5H2,1-4H3,(H,26,27)(H,29,33)(H,28,30,31)/t16-/m0/s1. The molecule has 1 aromatic carbocycles. The van der Waals surface area contributed by atoms with Crippen LogP contribution in [0.2, 0.25) is 0 Å². The molecule has 4 rings (SSSR count). The third-order valence-corrected chi connectivity index (χ3v) is 5.07. The molecule has 0 saturated heterocycles. The van der Waals surface area contributed by atoms with E-state index in [4.69, 9.17) is 0 Å². The number of pyridine rings is 1. The number of aryl methyl sites for hydroxylation is 1. The molecule has 3 aromatic heterocycles. The van der Waals surface area contributed by atoms with Crippen molar-refractivity contribution in [1.82, 2.24) is 24.7 Å². The van der Waals surface area contributed by atoms with Crippen LogP contribution < -0.4 is 16.0 Å². The fraction of sp³-hybridized carbons (Fsp3) is 0.292. The van der Waals surface area contributed by atoms with Crippen molar-refractivity contribution in [1.29, 1.82) is 0 Å². The van der Waals surface area contributed by atoms with Crippen LogP contribution >= 0.6 is 0 Å². The molecule has 0 aliphatic heterocycles. The third-order valence-electron chi connectivity index (χ3n) is 5.07. The highest BCUT2D eigenvalue weighted by molar-refractivity contribution is 6.04. The highest BCUT2D eigenvalue weighted by Gasteiger charge is 2.12. The maximum absolute atomic E-state index is 12.7. The lowest BCUT2D eigenvalue weighted by Gasteiger charge is -2.16. The van der Waals surface area contributed by atoms with Gasteiger partial charge >= 0.3 is 0 Å². The smallest absolute Gasteiger partial charge is 0.257 e. The number of rotatable bonds is 8. The van der Waals surface area contributed by atoms with E-state index in [-0.39, 0.29) is 18.0 Å². The van der Waals surface area contributed by atoms with E-state index in [0.29, 0.717) is 22.7 Å². The first-order valence-corrected chi connectivity index (χ1v) is 11.0. The van der Waals surface area contributed by atoms with E-state index in [9.17, 15) is 4.79 Å². The summed E-state index contributed by atoms with van der Waals surface area (Å²) >= 11 is 0. The van der Waals surface area contributed by atoms with Gasteiger partial charge in [0, 0.05) is 24.5 Å². The summed E-state index contributed by atoms with van der Waals surface area (Å²) in [4.78, 5) is 25.9. The first kappa shape index (κ1) is 22.2. The fourth-order valence-electron chi connectivity index (χ4n) is 3.38. The highest BCUT2D eigenvalue weighted by Crippen LogP contribution is 2.22. The van der Waals surface area contributed by atoms with Gasteiger partial charge in [-0.3, -0.25) is 9.48 Å². The molecule has 0 unspecified atom stereocenters. The van der Waals surface area contributed by atoms with Gasteiger partial charge in [0.25, 0.3) is 5.91 Å². The monoisotopic (exact) mass is 444 g/mol. The van der Waals surface area contributed by atoms with E-state index in [2.05, 4.69) is 36.0 Å². The second kappa shape index (κ2) is 9.64. The molecule has 9 nitrogen and oxygen atoms in total. The Bertz CT molecular complexity index is 1250.